The van der Waals surface area contributed by atoms with Crippen LogP contribution in [0.3, 0.4) is 0 Å². The van der Waals surface area contributed by atoms with Gasteiger partial charge in [-0.25, -0.2) is 0 Å². The molecule has 5 nitrogen and oxygen atoms in total. The van der Waals surface area contributed by atoms with Crippen molar-refractivity contribution >= 4 is 34.2 Å². The molecule has 0 unspecified atom stereocenters. The lowest BCUT2D eigenvalue weighted by Gasteiger charge is -2.10. The van der Waals surface area contributed by atoms with Crippen molar-refractivity contribution in [1.82, 2.24) is 5.10 Å². The molecule has 1 heterocycles. The fourth-order valence-corrected chi connectivity index (χ4v) is 3.00. The van der Waals surface area contributed by atoms with Crippen LogP contribution >= 0.6 is 11.6 Å². The molecule has 0 aliphatic rings. The predicted molar refractivity (Wildman–Crippen MR) is 103 cm³/mol. The number of aryl methyl sites for hydroxylation is 1. The van der Waals surface area contributed by atoms with Gasteiger partial charge in [0.05, 0.1) is 12.0 Å². The first-order valence-corrected chi connectivity index (χ1v) is 8.98. The zero-order chi connectivity index (χ0) is 18.5. The van der Waals surface area contributed by atoms with Crippen LogP contribution in [-0.4, -0.2) is 17.7 Å². The summed E-state index contributed by atoms with van der Waals surface area (Å²) in [6.45, 7) is 2.73. The van der Waals surface area contributed by atoms with Crippen LogP contribution in [0.25, 0.3) is 22.0 Å². The Labute approximate surface area is 173 Å². The van der Waals surface area contributed by atoms with Crippen LogP contribution in [-0.2, 0) is 16.1 Å². The molecule has 0 radical (unpaired) electrons. The number of rotatable bonds is 6. The number of ether oxygens (including phenoxy) is 1. The van der Waals surface area contributed by atoms with Crippen molar-refractivity contribution in [2.24, 2.45) is 0 Å². The summed E-state index contributed by atoms with van der Waals surface area (Å²) in [5.41, 5.74) is 8.13. The minimum atomic E-state index is -0.203. The normalized spacial score (nSPS) is 10.4. The molecule has 142 valence electrons. The maximum atomic E-state index is 11.6. The van der Waals surface area contributed by atoms with Crippen LogP contribution in [0.2, 0.25) is 5.02 Å². The van der Waals surface area contributed by atoms with E-state index in [1.807, 2.05) is 48.5 Å². The lowest BCUT2D eigenvalue weighted by atomic mass is 10.0. The standard InChI is InChI=1S/C20H20ClN3O2.BrH/c1-2-26-18(25)8-5-13-24-20(22)17-7-4-3-6-16(17)19(23-24)14-9-11-15(21)12-10-14;/h3-4,6-7,9-12,22H,2,5,8,13H2,1H3;1H. The monoisotopic (exact) mass is 449 g/mol. The summed E-state index contributed by atoms with van der Waals surface area (Å²) in [5.74, 6) is 0.382. The Morgan fingerprint density at radius 1 is 1.15 bits per heavy atom. The van der Waals surface area contributed by atoms with Gasteiger partial charge in [-0.3, -0.25) is 10.5 Å². The van der Waals surface area contributed by atoms with Gasteiger partial charge in [0.15, 0.2) is 0 Å². The Kier molecular flexibility index (Phi) is 7.56. The molecule has 7 heteroatoms. The minimum Gasteiger partial charge on any atom is -1.00 e. The Balaban J connectivity index is 0.00000261. The lowest BCUT2D eigenvalue weighted by molar-refractivity contribution is -0.738. The molecule has 1 aromatic heterocycles. The number of benzene rings is 2. The number of halogens is 2. The number of hydrogen-bond acceptors (Lipinski definition) is 4. The summed E-state index contributed by atoms with van der Waals surface area (Å²) < 4.78 is 6.73. The maximum Gasteiger partial charge on any atom is 0.305 e. The van der Waals surface area contributed by atoms with E-state index in [1.54, 1.807) is 11.6 Å². The van der Waals surface area contributed by atoms with Crippen molar-refractivity contribution in [2.45, 2.75) is 26.3 Å². The number of nitrogens with two attached hydrogens (primary N) is 1. The number of nitrogen functional groups attached to an aromatic ring is 1. The molecule has 2 aromatic carbocycles. The van der Waals surface area contributed by atoms with Crippen molar-refractivity contribution in [2.75, 3.05) is 12.3 Å². The number of esters is 1. The molecule has 2 N–H and O–H groups in total. The number of fused-ring (bicyclic) bond motifs is 1. The quantitative estimate of drug-likeness (QED) is 0.445. The predicted octanol–water partition coefficient (Wildman–Crippen LogP) is 0.772. The van der Waals surface area contributed by atoms with Gasteiger partial charge in [-0.05, 0) is 31.5 Å². The molecule has 0 amide bonds. The largest absolute Gasteiger partial charge is 1.00 e. The summed E-state index contributed by atoms with van der Waals surface area (Å²) in [4.78, 5) is 11.6. The first-order valence-electron chi connectivity index (χ1n) is 8.60. The van der Waals surface area contributed by atoms with Gasteiger partial charge < -0.3 is 21.7 Å². The summed E-state index contributed by atoms with van der Waals surface area (Å²) in [6, 6.07) is 15.5. The highest BCUT2D eigenvalue weighted by atomic mass is 79.9. The average molecular weight is 451 g/mol. The lowest BCUT2D eigenvalue weighted by Crippen LogP contribution is -3.00. The van der Waals surface area contributed by atoms with Gasteiger partial charge >= 0.3 is 11.8 Å². The smallest absolute Gasteiger partial charge is 0.305 e. The molecule has 0 spiro atoms. The first-order chi connectivity index (χ1) is 12.6. The topological polar surface area (TPSA) is 69.1 Å². The number of anilines is 1. The SMILES string of the molecule is CCOC(=O)CCC[n+]1nc(-c2ccc(Cl)cc2)c2ccccc2c1N.[Br-]. The molecule has 0 bridgehead atoms. The Morgan fingerprint density at radius 3 is 2.48 bits per heavy atom. The Bertz CT molecular complexity index is 932. The van der Waals surface area contributed by atoms with Crippen LogP contribution in [0.1, 0.15) is 19.8 Å². The van der Waals surface area contributed by atoms with E-state index in [4.69, 9.17) is 27.2 Å². The Hall–Kier alpha value is -2.18. The fraction of sp³-hybridized carbons (Fsp3) is 0.250. The third-order valence-corrected chi connectivity index (χ3v) is 4.38. The highest BCUT2D eigenvalue weighted by Gasteiger charge is 2.17. The minimum absolute atomic E-state index is 0. The molecule has 0 aliphatic heterocycles. The number of aromatic nitrogens is 2. The van der Waals surface area contributed by atoms with E-state index in [0.29, 0.717) is 36.8 Å². The van der Waals surface area contributed by atoms with Crippen LogP contribution < -0.4 is 27.4 Å². The second-order valence-electron chi connectivity index (χ2n) is 5.92. The molecule has 3 aromatic rings. The molecule has 0 saturated heterocycles. The van der Waals surface area contributed by atoms with E-state index in [9.17, 15) is 4.79 Å². The zero-order valence-corrected chi connectivity index (χ0v) is 17.3. The van der Waals surface area contributed by atoms with Gasteiger partial charge in [-0.1, -0.05) is 47.0 Å². The number of nitrogens with zero attached hydrogens (tertiary/aromatic N) is 2. The van der Waals surface area contributed by atoms with Gasteiger partial charge in [-0.15, -0.1) is 4.68 Å². The molecule has 0 saturated carbocycles. The van der Waals surface area contributed by atoms with Crippen molar-refractivity contribution in [3.05, 3.63) is 53.6 Å². The van der Waals surface area contributed by atoms with Crippen molar-refractivity contribution in [3.63, 3.8) is 0 Å². The van der Waals surface area contributed by atoms with Gasteiger partial charge in [0.25, 0.3) is 0 Å². The highest BCUT2D eigenvalue weighted by Crippen LogP contribution is 2.28. The van der Waals surface area contributed by atoms with E-state index >= 15 is 0 Å². The summed E-state index contributed by atoms with van der Waals surface area (Å²) in [7, 11) is 0. The summed E-state index contributed by atoms with van der Waals surface area (Å²) >= 11 is 6.01. The molecule has 0 aliphatic carbocycles. The van der Waals surface area contributed by atoms with E-state index in [2.05, 4.69) is 0 Å². The second kappa shape index (κ2) is 9.67. The Morgan fingerprint density at radius 2 is 1.81 bits per heavy atom. The van der Waals surface area contributed by atoms with Gasteiger partial charge in [0, 0.05) is 22.4 Å². The van der Waals surface area contributed by atoms with Crippen molar-refractivity contribution in [3.8, 4) is 11.3 Å². The van der Waals surface area contributed by atoms with Gasteiger partial charge in [0.1, 0.15) is 12.2 Å². The molecular weight excluding hydrogens is 430 g/mol. The van der Waals surface area contributed by atoms with E-state index in [0.717, 1.165) is 22.0 Å². The van der Waals surface area contributed by atoms with E-state index in [1.165, 1.54) is 0 Å². The molecule has 3 rings (SSSR count). The maximum absolute atomic E-state index is 11.6. The highest BCUT2D eigenvalue weighted by molar-refractivity contribution is 6.30. The number of carbonyl (C=O) groups is 1. The molecular formula is C20H21BrClN3O2. The molecule has 0 fully saturated rings. The second-order valence-corrected chi connectivity index (χ2v) is 6.35. The van der Waals surface area contributed by atoms with Crippen LogP contribution in [0.15, 0.2) is 48.5 Å². The third kappa shape index (κ3) is 4.96. The fourth-order valence-electron chi connectivity index (χ4n) is 2.88. The van der Waals surface area contributed by atoms with Crippen molar-refractivity contribution < 1.29 is 31.2 Å². The number of hydrogen-bond donors (Lipinski definition) is 1. The average Bonchev–Trinajstić information content (AvgIpc) is 2.65. The van der Waals surface area contributed by atoms with E-state index in [-0.39, 0.29) is 23.0 Å². The molecule has 0 atom stereocenters. The van der Waals surface area contributed by atoms with Crippen LogP contribution in [0.4, 0.5) is 5.82 Å². The van der Waals surface area contributed by atoms with Gasteiger partial charge in [0.2, 0.25) is 0 Å². The molecule has 27 heavy (non-hydrogen) atoms. The third-order valence-electron chi connectivity index (χ3n) is 4.13. The van der Waals surface area contributed by atoms with E-state index < -0.39 is 0 Å². The zero-order valence-electron chi connectivity index (χ0n) is 15.0. The summed E-state index contributed by atoms with van der Waals surface area (Å²) in [5, 5.41) is 7.33. The summed E-state index contributed by atoms with van der Waals surface area (Å²) in [6.07, 6.45) is 0.949. The van der Waals surface area contributed by atoms with Crippen molar-refractivity contribution in [1.29, 1.82) is 0 Å². The van der Waals surface area contributed by atoms with Crippen LogP contribution in [0, 0.1) is 0 Å². The number of carbonyl (C=O) groups excluding carboxylic acids is 1. The van der Waals surface area contributed by atoms with Crippen LogP contribution in [0.5, 0.6) is 0 Å². The van der Waals surface area contributed by atoms with Gasteiger partial charge in [-0.2, -0.15) is 0 Å². The first kappa shape index (κ1) is 21.1.